The number of halogens is 3. The first-order valence-electron chi connectivity index (χ1n) is 11.5. The van der Waals surface area contributed by atoms with E-state index in [9.17, 15) is 4.79 Å². The molecule has 0 bridgehead atoms. The Morgan fingerprint density at radius 3 is 2.68 bits per heavy atom. The Balaban J connectivity index is 1.43. The van der Waals surface area contributed by atoms with E-state index in [0.29, 0.717) is 44.7 Å². The molecule has 3 aromatic carbocycles. The number of carbonyl (C=O) groups excluding carboxylic acids is 1. The van der Waals surface area contributed by atoms with Gasteiger partial charge in [-0.25, -0.2) is 4.99 Å². The van der Waals surface area contributed by atoms with Gasteiger partial charge in [-0.15, -0.1) is 0 Å². The first kappa shape index (κ1) is 25.9. The van der Waals surface area contributed by atoms with Crippen LogP contribution in [-0.2, 0) is 11.3 Å². The lowest BCUT2D eigenvalue weighted by Gasteiger charge is -2.09. The van der Waals surface area contributed by atoms with Gasteiger partial charge in [0.2, 0.25) is 0 Å². The maximum atomic E-state index is 13.1. The summed E-state index contributed by atoms with van der Waals surface area (Å²) in [4.78, 5) is 19.9. The van der Waals surface area contributed by atoms with Crippen molar-refractivity contribution in [1.29, 1.82) is 0 Å². The van der Waals surface area contributed by atoms with Crippen LogP contribution < -0.4 is 4.74 Å². The van der Waals surface area contributed by atoms with Crippen LogP contribution >= 0.6 is 50.9 Å². The summed E-state index contributed by atoms with van der Waals surface area (Å²) in [6.45, 7) is 3.01. The highest BCUT2D eigenvalue weighted by atomic mass is 79.9. The summed E-state index contributed by atoms with van der Waals surface area (Å²) in [6.07, 6.45) is 3.97. The molecule has 1 saturated heterocycles. The zero-order valence-electron chi connectivity index (χ0n) is 20.0. The predicted molar refractivity (Wildman–Crippen MR) is 158 cm³/mol. The van der Waals surface area contributed by atoms with Gasteiger partial charge in [0.1, 0.15) is 12.4 Å². The molecular weight excluding hydrogens is 593 g/mol. The van der Waals surface area contributed by atoms with E-state index >= 15 is 0 Å². The maximum absolute atomic E-state index is 13.1. The van der Waals surface area contributed by atoms with Gasteiger partial charge in [-0.2, -0.15) is 0 Å². The molecule has 0 spiro atoms. The topological polar surface area (TPSA) is 46.8 Å². The maximum Gasteiger partial charge on any atom is 0.266 e. The van der Waals surface area contributed by atoms with Crippen LogP contribution in [0.25, 0.3) is 17.0 Å². The molecule has 9 heteroatoms. The molecule has 0 aliphatic carbocycles. The Labute approximate surface area is 237 Å². The Morgan fingerprint density at radius 2 is 1.89 bits per heavy atom. The molecule has 2 heterocycles. The molecule has 188 valence electrons. The largest absolute Gasteiger partial charge is 0.490 e. The Kier molecular flexibility index (Phi) is 7.67. The van der Waals surface area contributed by atoms with Crippen molar-refractivity contribution in [2.45, 2.75) is 13.5 Å². The lowest BCUT2D eigenvalue weighted by molar-refractivity contribution is -0.121. The lowest BCUT2D eigenvalue weighted by atomic mass is 10.1. The predicted octanol–water partition coefficient (Wildman–Crippen LogP) is 8.33. The highest BCUT2D eigenvalue weighted by molar-refractivity contribution is 9.10. The summed E-state index contributed by atoms with van der Waals surface area (Å²) in [5.74, 6) is 0.559. The molecule has 0 N–H and O–H groups in total. The van der Waals surface area contributed by atoms with Gasteiger partial charge >= 0.3 is 0 Å². The number of nitrogens with zero attached hydrogens (tertiary/aromatic N) is 3. The van der Waals surface area contributed by atoms with Crippen molar-refractivity contribution in [3.05, 3.63) is 97.4 Å². The molecule has 0 unspecified atom stereocenters. The minimum absolute atomic E-state index is 0.0973. The fourth-order valence-corrected chi connectivity index (χ4v) is 5.67. The molecule has 0 radical (unpaired) electrons. The smallest absolute Gasteiger partial charge is 0.266 e. The molecule has 4 aromatic rings. The van der Waals surface area contributed by atoms with Crippen molar-refractivity contribution in [3.8, 4) is 5.75 Å². The number of carbonyl (C=O) groups is 1. The van der Waals surface area contributed by atoms with Crippen molar-refractivity contribution < 1.29 is 9.53 Å². The molecule has 37 heavy (non-hydrogen) atoms. The van der Waals surface area contributed by atoms with Crippen molar-refractivity contribution in [3.63, 3.8) is 0 Å². The van der Waals surface area contributed by atoms with Crippen molar-refractivity contribution in [2.24, 2.45) is 4.99 Å². The average Bonchev–Trinajstić information content (AvgIpc) is 3.34. The molecule has 0 atom stereocenters. The van der Waals surface area contributed by atoms with E-state index in [2.05, 4.69) is 37.6 Å². The van der Waals surface area contributed by atoms with E-state index in [1.54, 1.807) is 18.0 Å². The van der Waals surface area contributed by atoms with Crippen molar-refractivity contribution in [2.75, 3.05) is 13.7 Å². The monoisotopic (exact) mass is 613 g/mol. The minimum Gasteiger partial charge on any atom is -0.490 e. The highest BCUT2D eigenvalue weighted by Crippen LogP contribution is 2.36. The zero-order valence-corrected chi connectivity index (χ0v) is 24.0. The number of hydrogen-bond donors (Lipinski definition) is 0. The van der Waals surface area contributed by atoms with Crippen LogP contribution in [-0.4, -0.2) is 34.2 Å². The van der Waals surface area contributed by atoms with Gasteiger partial charge in [0.15, 0.2) is 5.17 Å². The molecular formula is C28H22BrCl2N3O2S. The third-order valence-electron chi connectivity index (χ3n) is 5.97. The summed E-state index contributed by atoms with van der Waals surface area (Å²) >= 11 is 17.4. The fourth-order valence-electron chi connectivity index (χ4n) is 3.97. The molecule has 1 aliphatic heterocycles. The molecule has 5 nitrogen and oxygen atoms in total. The second-order valence-electron chi connectivity index (χ2n) is 8.52. The summed E-state index contributed by atoms with van der Waals surface area (Å²) in [6, 6.07) is 19.2. The number of aromatic nitrogens is 1. The molecule has 1 amide bonds. The quantitative estimate of drug-likeness (QED) is 0.205. The second kappa shape index (κ2) is 11.0. The van der Waals surface area contributed by atoms with Crippen LogP contribution in [0.15, 0.2) is 81.2 Å². The SMILES string of the molecule is Cc1ccc(N=C2S/C(=C/c3cn(CCOc4ccccc4Cl)c4ccc(Br)cc34)C(=O)N2C)cc1Cl. The summed E-state index contributed by atoms with van der Waals surface area (Å²) in [7, 11) is 1.73. The van der Waals surface area contributed by atoms with Gasteiger partial charge in [-0.3, -0.25) is 9.69 Å². The van der Waals surface area contributed by atoms with Crippen LogP contribution in [0.4, 0.5) is 5.69 Å². The van der Waals surface area contributed by atoms with E-state index in [-0.39, 0.29) is 5.91 Å². The number of amidine groups is 1. The number of aliphatic imine (C=N–C) groups is 1. The molecule has 1 fully saturated rings. The van der Waals surface area contributed by atoms with E-state index in [0.717, 1.165) is 26.5 Å². The van der Waals surface area contributed by atoms with Crippen LogP contribution in [0, 0.1) is 6.92 Å². The number of likely N-dealkylation sites (N-methyl/N-ethyl adjacent to an activating group) is 1. The van der Waals surface area contributed by atoms with E-state index in [1.165, 1.54) is 11.8 Å². The Bertz CT molecular complexity index is 1580. The highest BCUT2D eigenvalue weighted by Gasteiger charge is 2.30. The Morgan fingerprint density at radius 1 is 1.08 bits per heavy atom. The number of ether oxygens (including phenoxy) is 1. The van der Waals surface area contributed by atoms with Crippen LogP contribution in [0.5, 0.6) is 5.75 Å². The number of hydrogen-bond acceptors (Lipinski definition) is 4. The van der Waals surface area contributed by atoms with Gasteiger partial charge in [-0.05, 0) is 72.8 Å². The minimum atomic E-state index is -0.0973. The zero-order chi connectivity index (χ0) is 26.1. The number of para-hydroxylation sites is 1. The second-order valence-corrected chi connectivity index (χ2v) is 11.3. The van der Waals surface area contributed by atoms with Crippen LogP contribution in [0.2, 0.25) is 10.0 Å². The van der Waals surface area contributed by atoms with Gasteiger partial charge in [-0.1, -0.05) is 57.3 Å². The summed E-state index contributed by atoms with van der Waals surface area (Å²) in [5, 5.41) is 2.87. The van der Waals surface area contributed by atoms with Gasteiger partial charge in [0.05, 0.1) is 22.2 Å². The van der Waals surface area contributed by atoms with Gasteiger partial charge < -0.3 is 9.30 Å². The number of aryl methyl sites for hydroxylation is 1. The van der Waals surface area contributed by atoms with Crippen molar-refractivity contribution >= 4 is 84.6 Å². The molecule has 5 rings (SSSR count). The van der Waals surface area contributed by atoms with E-state index in [4.69, 9.17) is 27.9 Å². The number of amides is 1. The number of benzene rings is 3. The van der Waals surface area contributed by atoms with Gasteiger partial charge in [0, 0.05) is 39.2 Å². The third kappa shape index (κ3) is 5.60. The summed E-state index contributed by atoms with van der Waals surface area (Å²) in [5.41, 5.74) is 3.68. The van der Waals surface area contributed by atoms with Gasteiger partial charge in [0.25, 0.3) is 5.91 Å². The third-order valence-corrected chi connectivity index (χ3v) is 8.24. The van der Waals surface area contributed by atoms with E-state index in [1.807, 2.05) is 61.7 Å². The normalized spacial score (nSPS) is 15.9. The summed E-state index contributed by atoms with van der Waals surface area (Å²) < 4.78 is 9.00. The lowest BCUT2D eigenvalue weighted by Crippen LogP contribution is -2.23. The average molecular weight is 615 g/mol. The molecule has 1 aromatic heterocycles. The Hall–Kier alpha value is -2.71. The van der Waals surface area contributed by atoms with Crippen molar-refractivity contribution in [1.82, 2.24) is 9.47 Å². The molecule has 1 aliphatic rings. The standard InChI is InChI=1S/C28H22BrCl2N3O2S/c1-17-7-9-20(15-23(17)31)32-28-33(2)27(35)26(37-28)13-18-16-34(24-10-8-19(29)14-21(18)24)11-12-36-25-6-4-3-5-22(25)30/h3-10,13-16H,11-12H2,1-2H3/b26-13+,32-28?. The van der Waals surface area contributed by atoms with E-state index < -0.39 is 0 Å². The van der Waals surface area contributed by atoms with Crippen LogP contribution in [0.3, 0.4) is 0 Å². The number of rotatable bonds is 6. The first-order chi connectivity index (χ1) is 17.8. The fraction of sp³-hybridized carbons (Fsp3) is 0.143. The molecule has 0 saturated carbocycles. The first-order valence-corrected chi connectivity index (χ1v) is 13.8. The number of thioether (sulfide) groups is 1. The number of fused-ring (bicyclic) bond motifs is 1. The van der Waals surface area contributed by atoms with Crippen LogP contribution in [0.1, 0.15) is 11.1 Å².